The topological polar surface area (TPSA) is 37.3 Å². The van der Waals surface area contributed by atoms with E-state index < -0.39 is 5.77 Å². The van der Waals surface area contributed by atoms with Crippen molar-refractivity contribution in [2.24, 2.45) is 0 Å². The van der Waals surface area contributed by atoms with Crippen molar-refractivity contribution in [2.45, 2.75) is 168 Å². The molecule has 0 rings (SSSR count). The molecular weight excluding hydrogens is 463 g/mol. The minimum Gasteiger partial charge on any atom is -0.329 e. The van der Waals surface area contributed by atoms with Crippen LogP contribution in [0.2, 0.25) is 0 Å². The van der Waals surface area contributed by atoms with Gasteiger partial charge in [0.1, 0.15) is 0 Å². The van der Waals surface area contributed by atoms with Crippen LogP contribution in [0.5, 0.6) is 0 Å². The molecule has 5 heteroatoms. The van der Waals surface area contributed by atoms with Gasteiger partial charge in [-0.1, -0.05) is 178 Å². The molecule has 0 aliphatic rings. The molecule has 0 aliphatic heterocycles. The van der Waals surface area contributed by atoms with E-state index in [-0.39, 0.29) is 0 Å². The summed E-state index contributed by atoms with van der Waals surface area (Å²) < 4.78 is 12.3. The molecule has 33 heavy (non-hydrogen) atoms. The molecular formula is C28H59O2PS2. The van der Waals surface area contributed by atoms with Gasteiger partial charge >= 0.3 is 5.77 Å². The van der Waals surface area contributed by atoms with E-state index in [0.717, 1.165) is 24.3 Å². The summed E-state index contributed by atoms with van der Waals surface area (Å²) in [7, 11) is 0. The molecule has 0 atom stereocenters. The predicted molar refractivity (Wildman–Crippen MR) is 157 cm³/mol. The first kappa shape index (κ1) is 33.9. The standard InChI is InChI=1S/C28H59O2PS2/c1-3-5-7-9-11-13-15-17-19-21-23-25-27-32-31(29,30)33-28-26-24-22-20-18-16-14-12-10-8-6-4-2/h3-28H2,1-2H3,(H,29,30). The fourth-order valence-corrected chi connectivity index (χ4v) is 9.88. The largest absolute Gasteiger partial charge is 0.329 e. The summed E-state index contributed by atoms with van der Waals surface area (Å²) in [5, 5.41) is 0. The van der Waals surface area contributed by atoms with Crippen LogP contribution < -0.4 is 0 Å². The molecule has 0 radical (unpaired) electrons. The summed E-state index contributed by atoms with van der Waals surface area (Å²) in [6.07, 6.45) is 32.2. The fraction of sp³-hybridized carbons (Fsp3) is 1.00. The second-order valence-corrected chi connectivity index (χ2v) is 17.4. The Kier molecular flexibility index (Phi) is 28.2. The highest BCUT2D eigenvalue weighted by Crippen LogP contribution is 2.65. The average molecular weight is 523 g/mol. The molecule has 0 aromatic rings. The van der Waals surface area contributed by atoms with Crippen molar-refractivity contribution in [3.05, 3.63) is 0 Å². The fourth-order valence-electron chi connectivity index (χ4n) is 4.28. The van der Waals surface area contributed by atoms with Crippen LogP contribution in [0.1, 0.15) is 168 Å². The quantitative estimate of drug-likeness (QED) is 0.0818. The average Bonchev–Trinajstić information content (AvgIpc) is 2.80. The lowest BCUT2D eigenvalue weighted by molar-refractivity contribution is 0.514. The van der Waals surface area contributed by atoms with Gasteiger partial charge in [0.2, 0.25) is 0 Å². The van der Waals surface area contributed by atoms with E-state index in [1.807, 2.05) is 0 Å². The van der Waals surface area contributed by atoms with Crippen molar-refractivity contribution in [3.8, 4) is 0 Å². The maximum atomic E-state index is 12.3. The Hall–Kier alpha value is 0.890. The van der Waals surface area contributed by atoms with Gasteiger partial charge in [-0.3, -0.25) is 4.57 Å². The maximum Gasteiger partial charge on any atom is 0.310 e. The van der Waals surface area contributed by atoms with Crippen LogP contribution in [0, 0.1) is 0 Å². The van der Waals surface area contributed by atoms with E-state index >= 15 is 0 Å². The lowest BCUT2D eigenvalue weighted by Crippen LogP contribution is -1.85. The van der Waals surface area contributed by atoms with Gasteiger partial charge in [0.05, 0.1) is 0 Å². The van der Waals surface area contributed by atoms with Crippen LogP contribution in [-0.4, -0.2) is 16.4 Å². The Morgan fingerprint density at radius 1 is 0.424 bits per heavy atom. The zero-order valence-electron chi connectivity index (χ0n) is 22.5. The van der Waals surface area contributed by atoms with Crippen molar-refractivity contribution < 1.29 is 9.46 Å². The van der Waals surface area contributed by atoms with Crippen molar-refractivity contribution in [3.63, 3.8) is 0 Å². The number of unbranched alkanes of at least 4 members (excludes halogenated alkanes) is 22. The summed E-state index contributed by atoms with van der Waals surface area (Å²) >= 11 is 2.64. The lowest BCUT2D eigenvalue weighted by atomic mass is 10.1. The highest BCUT2D eigenvalue weighted by molar-refractivity contribution is 8.88. The molecule has 0 unspecified atom stereocenters. The third-order valence-corrected chi connectivity index (χ3v) is 13.1. The minimum atomic E-state index is -3.02. The molecule has 0 heterocycles. The van der Waals surface area contributed by atoms with E-state index in [9.17, 15) is 9.46 Å². The van der Waals surface area contributed by atoms with E-state index in [4.69, 9.17) is 0 Å². The summed E-state index contributed by atoms with van der Waals surface area (Å²) in [6, 6.07) is 0. The van der Waals surface area contributed by atoms with E-state index in [1.165, 1.54) is 164 Å². The van der Waals surface area contributed by atoms with Gasteiger partial charge in [-0.2, -0.15) is 0 Å². The Morgan fingerprint density at radius 2 is 0.636 bits per heavy atom. The molecule has 1 N–H and O–H groups in total. The zero-order valence-corrected chi connectivity index (χ0v) is 25.0. The van der Waals surface area contributed by atoms with Crippen LogP contribution in [0.3, 0.4) is 0 Å². The first-order valence-electron chi connectivity index (χ1n) is 14.7. The molecule has 200 valence electrons. The van der Waals surface area contributed by atoms with Crippen LogP contribution in [0.15, 0.2) is 0 Å². The monoisotopic (exact) mass is 522 g/mol. The smallest absolute Gasteiger partial charge is 0.310 e. The highest BCUT2D eigenvalue weighted by atomic mass is 33.1. The van der Waals surface area contributed by atoms with Crippen LogP contribution >= 0.6 is 28.5 Å². The molecule has 0 aliphatic carbocycles. The van der Waals surface area contributed by atoms with Crippen molar-refractivity contribution in [1.82, 2.24) is 0 Å². The van der Waals surface area contributed by atoms with Gasteiger partial charge in [-0.05, 0) is 12.8 Å². The Morgan fingerprint density at radius 3 is 0.879 bits per heavy atom. The summed E-state index contributed by atoms with van der Waals surface area (Å²) in [4.78, 5) is 10.2. The normalized spacial score (nSPS) is 12.0. The second kappa shape index (κ2) is 27.5. The Bertz CT molecular complexity index is 387. The Balaban J connectivity index is 3.29. The lowest BCUT2D eigenvalue weighted by Gasteiger charge is -2.10. The highest BCUT2D eigenvalue weighted by Gasteiger charge is 2.18. The third-order valence-electron chi connectivity index (χ3n) is 6.50. The molecule has 0 aromatic carbocycles. The van der Waals surface area contributed by atoms with Gasteiger partial charge in [0.25, 0.3) is 0 Å². The van der Waals surface area contributed by atoms with Crippen LogP contribution in [0.4, 0.5) is 0 Å². The van der Waals surface area contributed by atoms with Crippen LogP contribution in [-0.2, 0) is 4.57 Å². The first-order valence-corrected chi connectivity index (χ1v) is 19.6. The summed E-state index contributed by atoms with van der Waals surface area (Å²) in [6.45, 7) is 4.55. The summed E-state index contributed by atoms with van der Waals surface area (Å²) in [5.74, 6) is -1.34. The predicted octanol–water partition coefficient (Wildman–Crippen LogP) is 12.0. The van der Waals surface area contributed by atoms with E-state index in [1.54, 1.807) is 0 Å². The molecule has 0 fully saturated rings. The second-order valence-electron chi connectivity index (χ2n) is 9.91. The van der Waals surface area contributed by atoms with Gasteiger partial charge in [-0.15, -0.1) is 0 Å². The molecule has 0 saturated heterocycles. The Labute approximate surface area is 217 Å². The van der Waals surface area contributed by atoms with Crippen molar-refractivity contribution >= 4 is 28.5 Å². The zero-order chi connectivity index (χ0) is 24.3. The molecule has 2 nitrogen and oxygen atoms in total. The van der Waals surface area contributed by atoms with Crippen LogP contribution in [0.25, 0.3) is 0 Å². The van der Waals surface area contributed by atoms with Gasteiger partial charge < -0.3 is 4.89 Å². The third kappa shape index (κ3) is 29.0. The first-order chi connectivity index (χ1) is 16.1. The van der Waals surface area contributed by atoms with Crippen molar-refractivity contribution in [1.29, 1.82) is 0 Å². The van der Waals surface area contributed by atoms with Crippen molar-refractivity contribution in [2.75, 3.05) is 11.5 Å². The van der Waals surface area contributed by atoms with E-state index in [2.05, 4.69) is 13.8 Å². The molecule has 0 saturated carbocycles. The SMILES string of the molecule is CCCCCCCCCCCCCCSP(=O)(O)SCCCCCCCCCCCCCC. The maximum absolute atomic E-state index is 12.3. The molecule has 0 aromatic heterocycles. The molecule has 0 spiro atoms. The van der Waals surface area contributed by atoms with Gasteiger partial charge in [0.15, 0.2) is 0 Å². The molecule has 0 amide bonds. The summed E-state index contributed by atoms with van der Waals surface area (Å²) in [5.41, 5.74) is 0. The number of rotatable bonds is 28. The number of hydrogen-bond acceptors (Lipinski definition) is 3. The number of hydrogen-bond donors (Lipinski definition) is 1. The van der Waals surface area contributed by atoms with Gasteiger partial charge in [-0.25, -0.2) is 0 Å². The minimum absolute atomic E-state index is 0.844. The van der Waals surface area contributed by atoms with Gasteiger partial charge in [0, 0.05) is 11.5 Å². The molecule has 0 bridgehead atoms. The van der Waals surface area contributed by atoms with E-state index in [0.29, 0.717) is 0 Å².